The van der Waals surface area contributed by atoms with E-state index < -0.39 is 0 Å². The number of hydrogen-bond acceptors (Lipinski definition) is 3. The zero-order valence-corrected chi connectivity index (χ0v) is 7.84. The molecule has 0 amide bonds. The van der Waals surface area contributed by atoms with Gasteiger partial charge in [0.1, 0.15) is 6.61 Å². The summed E-state index contributed by atoms with van der Waals surface area (Å²) in [6.45, 7) is 0.218. The monoisotopic (exact) mass is 191 g/mol. The van der Waals surface area contributed by atoms with Gasteiger partial charge in [0, 0.05) is 0 Å². The molecule has 0 saturated carbocycles. The lowest BCUT2D eigenvalue weighted by Gasteiger charge is -1.91. The van der Waals surface area contributed by atoms with Crippen molar-refractivity contribution < 1.29 is 9.94 Å². The van der Waals surface area contributed by atoms with Crippen LogP contribution in [-0.2, 0) is 4.84 Å². The molecule has 1 aromatic rings. The van der Waals surface area contributed by atoms with Crippen LogP contribution in [0.15, 0.2) is 41.6 Å². The zero-order valence-electron chi connectivity index (χ0n) is 7.84. The Morgan fingerprint density at radius 3 is 2.79 bits per heavy atom. The summed E-state index contributed by atoms with van der Waals surface area (Å²) in [5.41, 5.74) is 1.11. The van der Waals surface area contributed by atoms with E-state index in [0.29, 0.717) is 0 Å². The largest absolute Gasteiger partial charge is 0.393 e. The second kappa shape index (κ2) is 6.86. The van der Waals surface area contributed by atoms with Crippen molar-refractivity contribution in [3.63, 3.8) is 0 Å². The molecule has 0 aliphatic carbocycles. The molecule has 0 unspecified atom stereocenters. The highest BCUT2D eigenvalue weighted by Crippen LogP contribution is 1.99. The van der Waals surface area contributed by atoms with E-state index in [9.17, 15) is 0 Å². The highest BCUT2D eigenvalue weighted by atomic mass is 16.6. The summed E-state index contributed by atoms with van der Waals surface area (Å²) in [4.78, 5) is 4.69. The molecule has 1 aromatic carbocycles. The average molecular weight is 191 g/mol. The third-order valence-electron chi connectivity index (χ3n) is 1.49. The van der Waals surface area contributed by atoms with Crippen molar-refractivity contribution in [2.24, 2.45) is 5.16 Å². The van der Waals surface area contributed by atoms with E-state index in [2.05, 4.69) is 9.99 Å². The molecular formula is C11H13NO2. The van der Waals surface area contributed by atoms with Crippen molar-refractivity contribution in [2.45, 2.75) is 0 Å². The van der Waals surface area contributed by atoms with Gasteiger partial charge in [-0.05, 0) is 11.6 Å². The summed E-state index contributed by atoms with van der Waals surface area (Å²) in [6, 6.07) is 9.91. The molecule has 74 valence electrons. The molecule has 0 bridgehead atoms. The van der Waals surface area contributed by atoms with Gasteiger partial charge in [0.25, 0.3) is 0 Å². The van der Waals surface area contributed by atoms with E-state index in [1.165, 1.54) is 0 Å². The second-order valence-electron chi connectivity index (χ2n) is 2.58. The van der Waals surface area contributed by atoms with Gasteiger partial charge in [-0.2, -0.15) is 0 Å². The van der Waals surface area contributed by atoms with Crippen LogP contribution in [0.1, 0.15) is 5.56 Å². The van der Waals surface area contributed by atoms with Crippen molar-refractivity contribution >= 4 is 12.3 Å². The molecular weight excluding hydrogens is 178 g/mol. The van der Waals surface area contributed by atoms with Gasteiger partial charge < -0.3 is 9.94 Å². The normalized spacial score (nSPS) is 11.2. The maximum Gasteiger partial charge on any atom is 0.140 e. The van der Waals surface area contributed by atoms with Crippen LogP contribution in [-0.4, -0.2) is 24.5 Å². The summed E-state index contributed by atoms with van der Waals surface area (Å²) in [5.74, 6) is 0. The van der Waals surface area contributed by atoms with E-state index in [0.717, 1.165) is 5.56 Å². The van der Waals surface area contributed by atoms with E-state index in [1.54, 1.807) is 12.3 Å². The van der Waals surface area contributed by atoms with Crippen LogP contribution in [0, 0.1) is 0 Å². The predicted molar refractivity (Wildman–Crippen MR) is 57.0 cm³/mol. The third-order valence-corrected chi connectivity index (χ3v) is 1.49. The molecule has 0 fully saturated rings. The van der Waals surface area contributed by atoms with Gasteiger partial charge in [0.05, 0.1) is 12.8 Å². The van der Waals surface area contributed by atoms with Gasteiger partial charge in [-0.15, -0.1) is 0 Å². The van der Waals surface area contributed by atoms with Crippen LogP contribution in [0.3, 0.4) is 0 Å². The molecule has 0 spiro atoms. The summed E-state index contributed by atoms with van der Waals surface area (Å²) < 4.78 is 0. The molecule has 0 aliphatic rings. The Balaban J connectivity index is 2.31. The minimum atomic E-state index is -0.0141. The van der Waals surface area contributed by atoms with Crippen LogP contribution < -0.4 is 0 Å². The van der Waals surface area contributed by atoms with Crippen LogP contribution in [0.25, 0.3) is 6.08 Å². The molecule has 1 rings (SSSR count). The number of benzene rings is 1. The Bertz CT molecular complexity index is 293. The first-order chi connectivity index (χ1) is 6.93. The van der Waals surface area contributed by atoms with Gasteiger partial charge in [-0.25, -0.2) is 0 Å². The highest BCUT2D eigenvalue weighted by molar-refractivity contribution is 5.77. The topological polar surface area (TPSA) is 41.8 Å². The summed E-state index contributed by atoms with van der Waals surface area (Å²) in [5, 5.41) is 12.0. The Morgan fingerprint density at radius 2 is 2.07 bits per heavy atom. The van der Waals surface area contributed by atoms with Crippen molar-refractivity contribution in [1.82, 2.24) is 0 Å². The SMILES string of the molecule is OCCO/N=C/C=C/c1ccccc1. The number of allylic oxidation sites excluding steroid dienone is 1. The fraction of sp³-hybridized carbons (Fsp3) is 0.182. The minimum absolute atomic E-state index is 0.0141. The molecule has 0 aromatic heterocycles. The smallest absolute Gasteiger partial charge is 0.140 e. The lowest BCUT2D eigenvalue weighted by molar-refractivity contribution is 0.0998. The number of oxime groups is 1. The van der Waals surface area contributed by atoms with Gasteiger partial charge in [0.2, 0.25) is 0 Å². The van der Waals surface area contributed by atoms with E-state index >= 15 is 0 Å². The molecule has 14 heavy (non-hydrogen) atoms. The maximum atomic E-state index is 8.38. The van der Waals surface area contributed by atoms with Gasteiger partial charge in [-0.1, -0.05) is 41.6 Å². The van der Waals surface area contributed by atoms with Crippen LogP contribution >= 0.6 is 0 Å². The summed E-state index contributed by atoms with van der Waals surface area (Å²) in [7, 11) is 0. The lowest BCUT2D eigenvalue weighted by atomic mass is 10.2. The fourth-order valence-electron chi connectivity index (χ4n) is 0.890. The number of aliphatic hydroxyl groups excluding tert-OH is 1. The molecule has 1 N–H and O–H groups in total. The van der Waals surface area contributed by atoms with Crippen LogP contribution in [0.2, 0.25) is 0 Å². The van der Waals surface area contributed by atoms with Crippen molar-refractivity contribution in [3.05, 3.63) is 42.0 Å². The molecule has 0 heterocycles. The van der Waals surface area contributed by atoms with Crippen molar-refractivity contribution in [1.29, 1.82) is 0 Å². The molecule has 3 heteroatoms. The first-order valence-electron chi connectivity index (χ1n) is 4.41. The standard InChI is InChI=1S/C11H13NO2/c13-9-10-14-12-8-4-7-11-5-2-1-3-6-11/h1-8,13H,9-10H2/b7-4+,12-8+. The molecule has 0 radical (unpaired) electrons. The van der Waals surface area contributed by atoms with E-state index in [-0.39, 0.29) is 13.2 Å². The van der Waals surface area contributed by atoms with Crippen LogP contribution in [0.5, 0.6) is 0 Å². The maximum absolute atomic E-state index is 8.38. The molecule has 0 atom stereocenters. The lowest BCUT2D eigenvalue weighted by Crippen LogP contribution is -1.92. The summed E-state index contributed by atoms with van der Waals surface area (Å²) in [6.07, 6.45) is 5.25. The molecule has 3 nitrogen and oxygen atoms in total. The second-order valence-corrected chi connectivity index (χ2v) is 2.58. The summed E-state index contributed by atoms with van der Waals surface area (Å²) >= 11 is 0. The Hall–Kier alpha value is -1.61. The number of rotatable bonds is 5. The van der Waals surface area contributed by atoms with E-state index in [1.807, 2.05) is 36.4 Å². The van der Waals surface area contributed by atoms with Gasteiger partial charge in [-0.3, -0.25) is 0 Å². The van der Waals surface area contributed by atoms with Crippen molar-refractivity contribution in [3.8, 4) is 0 Å². The number of nitrogens with zero attached hydrogens (tertiary/aromatic N) is 1. The predicted octanol–water partition coefficient (Wildman–Crippen LogP) is 1.69. The van der Waals surface area contributed by atoms with E-state index in [4.69, 9.17) is 5.11 Å². The Morgan fingerprint density at radius 1 is 1.29 bits per heavy atom. The third kappa shape index (κ3) is 4.42. The highest BCUT2D eigenvalue weighted by Gasteiger charge is 1.80. The quantitative estimate of drug-likeness (QED) is 0.437. The number of hydrogen-bond donors (Lipinski definition) is 1. The minimum Gasteiger partial charge on any atom is -0.393 e. The fourth-order valence-corrected chi connectivity index (χ4v) is 0.890. The Kier molecular flexibility index (Phi) is 5.13. The first kappa shape index (κ1) is 10.5. The van der Waals surface area contributed by atoms with Crippen molar-refractivity contribution in [2.75, 3.05) is 13.2 Å². The number of aliphatic hydroxyl groups is 1. The molecule has 0 aliphatic heterocycles. The zero-order chi connectivity index (χ0) is 10.1. The van der Waals surface area contributed by atoms with Gasteiger partial charge in [0.15, 0.2) is 0 Å². The Labute approximate surface area is 83.3 Å². The van der Waals surface area contributed by atoms with Gasteiger partial charge >= 0.3 is 0 Å². The van der Waals surface area contributed by atoms with Crippen LogP contribution in [0.4, 0.5) is 0 Å². The first-order valence-corrected chi connectivity index (χ1v) is 4.41. The molecule has 0 saturated heterocycles. The average Bonchev–Trinajstić information content (AvgIpc) is 2.25.